The quantitative estimate of drug-likeness (QED) is 0.646. The maximum Gasteiger partial charge on any atom is 0.169 e. The Morgan fingerprint density at radius 1 is 1.53 bits per heavy atom. The molecular weight excluding hydrogens is 188 g/mol. The molecule has 1 rings (SSSR count). The molecule has 15 heavy (non-hydrogen) atoms. The fourth-order valence-corrected chi connectivity index (χ4v) is 1.75. The number of hydrogen-bond donors (Lipinski definition) is 0. The lowest BCUT2D eigenvalue weighted by Crippen LogP contribution is -2.08. The summed E-state index contributed by atoms with van der Waals surface area (Å²) in [7, 11) is 0. The zero-order valence-electron chi connectivity index (χ0n) is 9.65. The van der Waals surface area contributed by atoms with Crippen molar-refractivity contribution in [3.63, 3.8) is 0 Å². The highest BCUT2D eigenvalue weighted by molar-refractivity contribution is 5.70. The van der Waals surface area contributed by atoms with Crippen LogP contribution in [0.15, 0.2) is 12.5 Å². The number of imidazole rings is 1. The predicted octanol–water partition coefficient (Wildman–Crippen LogP) is 2.91. The van der Waals surface area contributed by atoms with Crippen LogP contribution in [0.2, 0.25) is 0 Å². The monoisotopic (exact) mass is 208 g/mol. The molecule has 1 heterocycles. The highest BCUT2D eigenvalue weighted by Crippen LogP contribution is 2.14. The van der Waals surface area contributed by atoms with E-state index in [-0.39, 0.29) is 0 Å². The number of carbonyl (C=O) groups is 1. The van der Waals surface area contributed by atoms with E-state index >= 15 is 0 Å². The minimum Gasteiger partial charge on any atom is -0.336 e. The second-order valence-electron chi connectivity index (χ2n) is 4.03. The summed E-state index contributed by atoms with van der Waals surface area (Å²) >= 11 is 0. The first-order chi connectivity index (χ1) is 7.30. The molecule has 1 aromatic rings. The molecule has 3 nitrogen and oxygen atoms in total. The Kier molecular flexibility index (Phi) is 5.08. The van der Waals surface area contributed by atoms with E-state index in [1.54, 1.807) is 6.33 Å². The zero-order chi connectivity index (χ0) is 11.1. The van der Waals surface area contributed by atoms with E-state index < -0.39 is 0 Å². The molecule has 0 saturated carbocycles. The number of hydrogen-bond acceptors (Lipinski definition) is 2. The molecule has 0 bridgehead atoms. The largest absolute Gasteiger partial charge is 0.336 e. The normalized spacial score (nSPS) is 12.7. The number of nitrogens with zero attached hydrogens (tertiary/aromatic N) is 2. The number of aromatic nitrogens is 2. The van der Waals surface area contributed by atoms with Gasteiger partial charge in [-0.25, -0.2) is 4.98 Å². The number of carbonyl (C=O) groups excluding carboxylic acids is 1. The van der Waals surface area contributed by atoms with Gasteiger partial charge in [0.1, 0.15) is 5.69 Å². The first-order valence-corrected chi connectivity index (χ1v) is 5.77. The van der Waals surface area contributed by atoms with Gasteiger partial charge < -0.3 is 4.57 Å². The van der Waals surface area contributed by atoms with E-state index in [0.717, 1.165) is 12.8 Å². The molecule has 0 radical (unpaired) electrons. The summed E-state index contributed by atoms with van der Waals surface area (Å²) in [5.41, 5.74) is 0.528. The lowest BCUT2D eigenvalue weighted by atomic mass is 9.99. The van der Waals surface area contributed by atoms with Crippen LogP contribution < -0.4 is 0 Å². The Morgan fingerprint density at radius 2 is 2.33 bits per heavy atom. The molecule has 0 spiro atoms. The van der Waals surface area contributed by atoms with E-state index in [9.17, 15) is 4.79 Å². The predicted molar refractivity (Wildman–Crippen MR) is 60.9 cm³/mol. The fourth-order valence-electron chi connectivity index (χ4n) is 1.75. The standard InChI is InChI=1S/C12H20N2O/c1-3-5-6-11(4-2)7-14-8-12(9-15)13-10-14/h8-11H,3-7H2,1-2H3. The summed E-state index contributed by atoms with van der Waals surface area (Å²) in [6.45, 7) is 5.42. The minimum absolute atomic E-state index is 0.528. The molecule has 0 aliphatic carbocycles. The lowest BCUT2D eigenvalue weighted by Gasteiger charge is -2.14. The van der Waals surface area contributed by atoms with Gasteiger partial charge in [-0.1, -0.05) is 33.1 Å². The van der Waals surface area contributed by atoms with Crippen LogP contribution in [-0.4, -0.2) is 15.8 Å². The first kappa shape index (κ1) is 12.0. The molecule has 1 aromatic heterocycles. The number of aldehydes is 1. The van der Waals surface area contributed by atoms with E-state index in [0.29, 0.717) is 11.6 Å². The van der Waals surface area contributed by atoms with Crippen LogP contribution in [0.25, 0.3) is 0 Å². The Hall–Kier alpha value is -1.12. The molecular formula is C12H20N2O. The molecule has 3 heteroatoms. The number of unbranched alkanes of at least 4 members (excludes halogenated alkanes) is 1. The summed E-state index contributed by atoms with van der Waals surface area (Å²) in [5.74, 6) is 0.707. The van der Waals surface area contributed by atoms with Crippen LogP contribution in [0.3, 0.4) is 0 Å². The van der Waals surface area contributed by atoms with E-state index in [4.69, 9.17) is 0 Å². The van der Waals surface area contributed by atoms with Crippen molar-refractivity contribution in [3.05, 3.63) is 18.2 Å². The first-order valence-electron chi connectivity index (χ1n) is 5.77. The fraction of sp³-hybridized carbons (Fsp3) is 0.667. The van der Waals surface area contributed by atoms with E-state index in [2.05, 4.69) is 18.8 Å². The van der Waals surface area contributed by atoms with Crippen molar-refractivity contribution in [1.82, 2.24) is 9.55 Å². The summed E-state index contributed by atoms with van der Waals surface area (Å²) < 4.78 is 2.02. The molecule has 1 atom stereocenters. The maximum absolute atomic E-state index is 10.5. The summed E-state index contributed by atoms with van der Waals surface area (Å²) in [4.78, 5) is 14.5. The number of rotatable bonds is 7. The molecule has 0 aromatic carbocycles. The van der Waals surface area contributed by atoms with E-state index in [1.807, 2.05) is 10.8 Å². The van der Waals surface area contributed by atoms with E-state index in [1.165, 1.54) is 25.7 Å². The van der Waals surface area contributed by atoms with Crippen molar-refractivity contribution in [2.75, 3.05) is 0 Å². The molecule has 0 N–H and O–H groups in total. The van der Waals surface area contributed by atoms with Gasteiger partial charge in [0.2, 0.25) is 0 Å². The van der Waals surface area contributed by atoms with Crippen LogP contribution in [0.4, 0.5) is 0 Å². The third-order valence-corrected chi connectivity index (χ3v) is 2.79. The van der Waals surface area contributed by atoms with Gasteiger partial charge in [0.15, 0.2) is 6.29 Å². The molecule has 1 unspecified atom stereocenters. The smallest absolute Gasteiger partial charge is 0.169 e. The average molecular weight is 208 g/mol. The SMILES string of the molecule is CCCCC(CC)Cn1cnc(C=O)c1. The van der Waals surface area contributed by atoms with Crippen molar-refractivity contribution in [2.24, 2.45) is 5.92 Å². The van der Waals surface area contributed by atoms with Crippen LogP contribution in [-0.2, 0) is 6.54 Å². The minimum atomic E-state index is 0.528. The van der Waals surface area contributed by atoms with Gasteiger partial charge in [-0.15, -0.1) is 0 Å². The van der Waals surface area contributed by atoms with Crippen molar-refractivity contribution in [3.8, 4) is 0 Å². The third-order valence-electron chi connectivity index (χ3n) is 2.79. The van der Waals surface area contributed by atoms with Crippen LogP contribution >= 0.6 is 0 Å². The Bertz CT molecular complexity index is 294. The van der Waals surface area contributed by atoms with Gasteiger partial charge in [0.05, 0.1) is 6.33 Å². The van der Waals surface area contributed by atoms with Crippen molar-refractivity contribution >= 4 is 6.29 Å². The highest BCUT2D eigenvalue weighted by atomic mass is 16.1. The second-order valence-corrected chi connectivity index (χ2v) is 4.03. The Balaban J connectivity index is 2.46. The van der Waals surface area contributed by atoms with Gasteiger partial charge in [0.25, 0.3) is 0 Å². The van der Waals surface area contributed by atoms with Gasteiger partial charge in [0, 0.05) is 12.7 Å². The zero-order valence-corrected chi connectivity index (χ0v) is 9.65. The topological polar surface area (TPSA) is 34.9 Å². The average Bonchev–Trinajstić information content (AvgIpc) is 2.71. The molecule has 0 fully saturated rings. The molecule has 0 aliphatic heterocycles. The molecule has 0 amide bonds. The second kappa shape index (κ2) is 6.38. The van der Waals surface area contributed by atoms with Gasteiger partial charge in [-0.05, 0) is 12.3 Å². The van der Waals surface area contributed by atoms with Crippen molar-refractivity contribution in [2.45, 2.75) is 46.1 Å². The van der Waals surface area contributed by atoms with Crippen LogP contribution in [0, 0.1) is 5.92 Å². The summed E-state index contributed by atoms with van der Waals surface area (Å²) in [6.07, 6.45) is 9.35. The van der Waals surface area contributed by atoms with Crippen LogP contribution in [0.5, 0.6) is 0 Å². The van der Waals surface area contributed by atoms with Crippen molar-refractivity contribution < 1.29 is 4.79 Å². The highest BCUT2D eigenvalue weighted by Gasteiger charge is 2.07. The third kappa shape index (κ3) is 3.86. The van der Waals surface area contributed by atoms with Gasteiger partial charge >= 0.3 is 0 Å². The summed E-state index contributed by atoms with van der Waals surface area (Å²) in [5, 5.41) is 0. The lowest BCUT2D eigenvalue weighted by molar-refractivity contribution is 0.111. The van der Waals surface area contributed by atoms with Crippen LogP contribution in [0.1, 0.15) is 50.0 Å². The molecule has 84 valence electrons. The van der Waals surface area contributed by atoms with Gasteiger partial charge in [-0.2, -0.15) is 0 Å². The molecule has 0 saturated heterocycles. The Labute approximate surface area is 91.5 Å². The maximum atomic E-state index is 10.5. The van der Waals surface area contributed by atoms with Gasteiger partial charge in [-0.3, -0.25) is 4.79 Å². The molecule has 0 aliphatic rings. The Morgan fingerprint density at radius 3 is 2.87 bits per heavy atom. The van der Waals surface area contributed by atoms with Crippen molar-refractivity contribution in [1.29, 1.82) is 0 Å². The summed E-state index contributed by atoms with van der Waals surface area (Å²) in [6, 6.07) is 0.